The molecule has 8 heteroatoms. The van der Waals surface area contributed by atoms with Gasteiger partial charge in [0.1, 0.15) is 5.82 Å². The van der Waals surface area contributed by atoms with Gasteiger partial charge in [-0.25, -0.2) is 15.2 Å². The molecule has 0 unspecified atom stereocenters. The molecule has 5 nitrogen and oxygen atoms in total. The summed E-state index contributed by atoms with van der Waals surface area (Å²) in [5, 5.41) is 2.66. The van der Waals surface area contributed by atoms with Crippen LogP contribution in [-0.2, 0) is 0 Å². The first-order chi connectivity index (χ1) is 9.51. The van der Waals surface area contributed by atoms with E-state index in [-0.39, 0.29) is 16.4 Å². The molecule has 0 saturated carbocycles. The molecule has 0 fully saturated rings. The maximum atomic E-state index is 12.9. The van der Waals surface area contributed by atoms with Gasteiger partial charge in [0.05, 0.1) is 16.3 Å². The first-order valence-corrected chi connectivity index (χ1v) is 6.57. The predicted molar refractivity (Wildman–Crippen MR) is 79.1 cm³/mol. The summed E-state index contributed by atoms with van der Waals surface area (Å²) in [7, 11) is 0. The van der Waals surface area contributed by atoms with E-state index in [1.165, 1.54) is 18.3 Å². The molecule has 1 aromatic carbocycles. The van der Waals surface area contributed by atoms with Crippen LogP contribution in [-0.4, -0.2) is 10.9 Å². The number of benzene rings is 1. The number of amides is 1. The lowest BCUT2D eigenvalue weighted by Crippen LogP contribution is -2.18. The van der Waals surface area contributed by atoms with Crippen molar-refractivity contribution in [3.05, 3.63) is 51.3 Å². The third kappa shape index (κ3) is 3.24. The van der Waals surface area contributed by atoms with Crippen LogP contribution in [0.25, 0.3) is 0 Å². The van der Waals surface area contributed by atoms with E-state index in [0.29, 0.717) is 10.2 Å². The van der Waals surface area contributed by atoms with Crippen LogP contribution < -0.4 is 16.6 Å². The highest BCUT2D eigenvalue weighted by Gasteiger charge is 2.14. The van der Waals surface area contributed by atoms with Gasteiger partial charge in [0.25, 0.3) is 5.91 Å². The molecule has 1 aromatic heterocycles. The van der Waals surface area contributed by atoms with Gasteiger partial charge in [0, 0.05) is 10.7 Å². The van der Waals surface area contributed by atoms with Gasteiger partial charge in [-0.05, 0) is 40.2 Å². The molecule has 2 rings (SSSR count). The molecule has 104 valence electrons. The molecule has 0 saturated heterocycles. The van der Waals surface area contributed by atoms with Crippen LogP contribution in [0.4, 0.5) is 15.9 Å². The van der Waals surface area contributed by atoms with Crippen molar-refractivity contribution in [2.45, 2.75) is 0 Å². The molecule has 20 heavy (non-hydrogen) atoms. The normalized spacial score (nSPS) is 10.2. The van der Waals surface area contributed by atoms with Gasteiger partial charge in [-0.1, -0.05) is 11.6 Å². The van der Waals surface area contributed by atoms with Gasteiger partial charge >= 0.3 is 0 Å². The molecule has 0 radical (unpaired) electrons. The molecule has 2 aromatic rings. The van der Waals surface area contributed by atoms with Crippen molar-refractivity contribution in [1.29, 1.82) is 0 Å². The molecule has 0 atom stereocenters. The van der Waals surface area contributed by atoms with E-state index in [1.807, 2.05) is 0 Å². The van der Waals surface area contributed by atoms with Crippen molar-refractivity contribution >= 4 is 44.9 Å². The Kier molecular flexibility index (Phi) is 4.53. The van der Waals surface area contributed by atoms with Crippen LogP contribution in [0.5, 0.6) is 0 Å². The molecule has 0 aliphatic heterocycles. The summed E-state index contributed by atoms with van der Waals surface area (Å²) in [6.45, 7) is 0. The second kappa shape index (κ2) is 6.17. The number of carbonyl (C=O) groups excluding carboxylic acids is 1. The molecular weight excluding hydrogens is 351 g/mol. The zero-order valence-electron chi connectivity index (χ0n) is 9.95. The van der Waals surface area contributed by atoms with Crippen molar-refractivity contribution in [3.8, 4) is 0 Å². The summed E-state index contributed by atoms with van der Waals surface area (Å²) in [6.07, 6.45) is 1.50. The van der Waals surface area contributed by atoms with Crippen LogP contribution in [0.15, 0.2) is 34.9 Å². The topological polar surface area (TPSA) is 80.0 Å². The van der Waals surface area contributed by atoms with E-state index in [1.54, 1.807) is 6.07 Å². The second-order valence-corrected chi connectivity index (χ2v) is 5.10. The summed E-state index contributed by atoms with van der Waals surface area (Å²) < 4.78 is 13.6. The summed E-state index contributed by atoms with van der Waals surface area (Å²) >= 11 is 9.06. The fourth-order valence-corrected chi connectivity index (χ4v) is 2.05. The Balaban J connectivity index is 2.30. The van der Waals surface area contributed by atoms with E-state index < -0.39 is 11.7 Å². The van der Waals surface area contributed by atoms with Crippen molar-refractivity contribution in [1.82, 2.24) is 4.98 Å². The van der Waals surface area contributed by atoms with E-state index in [0.717, 1.165) is 6.07 Å². The third-order valence-corrected chi connectivity index (χ3v) is 3.16. The number of hydrazine groups is 1. The molecule has 0 spiro atoms. The largest absolute Gasteiger partial charge is 0.321 e. The molecule has 0 aliphatic carbocycles. The van der Waals surface area contributed by atoms with Crippen molar-refractivity contribution < 1.29 is 9.18 Å². The maximum Gasteiger partial charge on any atom is 0.259 e. The minimum absolute atomic E-state index is 0.101. The number of pyridine rings is 1. The van der Waals surface area contributed by atoms with Crippen LogP contribution in [0.2, 0.25) is 5.02 Å². The van der Waals surface area contributed by atoms with Gasteiger partial charge in [-0.15, -0.1) is 0 Å². The molecule has 0 aliphatic rings. The number of hydrogen-bond donors (Lipinski definition) is 3. The Labute approximate surface area is 127 Å². The lowest BCUT2D eigenvalue weighted by atomic mass is 10.2. The summed E-state index contributed by atoms with van der Waals surface area (Å²) in [6, 6.07) is 5.23. The average Bonchev–Trinajstić information content (AvgIpc) is 2.41. The fourth-order valence-electron chi connectivity index (χ4n) is 1.51. The molecule has 0 bridgehead atoms. The highest BCUT2D eigenvalue weighted by Crippen LogP contribution is 2.24. The zero-order chi connectivity index (χ0) is 14.7. The number of halogens is 3. The van der Waals surface area contributed by atoms with Crippen molar-refractivity contribution in [3.63, 3.8) is 0 Å². The quantitative estimate of drug-likeness (QED) is 0.581. The summed E-state index contributed by atoms with van der Waals surface area (Å²) in [4.78, 5) is 16.1. The number of nitrogens with zero attached hydrogens (tertiary/aromatic N) is 1. The lowest BCUT2D eigenvalue weighted by molar-refractivity contribution is 0.102. The van der Waals surface area contributed by atoms with Crippen LogP contribution >= 0.6 is 27.5 Å². The number of carbonyl (C=O) groups is 1. The number of nitrogen functional groups attached to an aromatic ring is 1. The van der Waals surface area contributed by atoms with Crippen molar-refractivity contribution in [2.24, 2.45) is 5.84 Å². The average molecular weight is 360 g/mol. The minimum atomic E-state index is -0.485. The van der Waals surface area contributed by atoms with Gasteiger partial charge in [0.15, 0.2) is 5.82 Å². The summed E-state index contributed by atoms with van der Waals surface area (Å²) in [5.41, 5.74) is 2.84. The second-order valence-electron chi connectivity index (χ2n) is 3.77. The number of nitrogens with one attached hydrogen (secondary N) is 2. The van der Waals surface area contributed by atoms with Crippen LogP contribution in [0, 0.1) is 5.82 Å². The zero-order valence-corrected chi connectivity index (χ0v) is 12.3. The highest BCUT2D eigenvalue weighted by molar-refractivity contribution is 9.10. The SMILES string of the molecule is NNc1ncc(Br)cc1C(=O)Nc1ccc(F)cc1Cl. The smallest absolute Gasteiger partial charge is 0.259 e. The maximum absolute atomic E-state index is 12.9. The first kappa shape index (κ1) is 14.7. The van der Waals surface area contributed by atoms with Gasteiger partial charge < -0.3 is 10.7 Å². The van der Waals surface area contributed by atoms with Gasteiger partial charge in [-0.3, -0.25) is 4.79 Å². The summed E-state index contributed by atoms with van der Waals surface area (Å²) in [5.74, 6) is 4.55. The van der Waals surface area contributed by atoms with Crippen LogP contribution in [0.1, 0.15) is 10.4 Å². The Morgan fingerprint density at radius 2 is 2.15 bits per heavy atom. The number of nitrogens with two attached hydrogens (primary N) is 1. The van der Waals surface area contributed by atoms with E-state index in [4.69, 9.17) is 17.4 Å². The number of aromatic nitrogens is 1. The first-order valence-electron chi connectivity index (χ1n) is 5.40. The van der Waals surface area contributed by atoms with E-state index in [9.17, 15) is 9.18 Å². The van der Waals surface area contributed by atoms with Crippen LogP contribution in [0.3, 0.4) is 0 Å². The molecule has 1 heterocycles. The van der Waals surface area contributed by atoms with Crippen molar-refractivity contribution in [2.75, 3.05) is 10.7 Å². The Bertz CT molecular complexity index is 668. The monoisotopic (exact) mass is 358 g/mol. The lowest BCUT2D eigenvalue weighted by Gasteiger charge is -2.10. The molecule has 1 amide bonds. The Morgan fingerprint density at radius 1 is 1.40 bits per heavy atom. The minimum Gasteiger partial charge on any atom is -0.321 e. The number of hydrogen-bond acceptors (Lipinski definition) is 4. The fraction of sp³-hybridized carbons (Fsp3) is 0. The Morgan fingerprint density at radius 3 is 2.80 bits per heavy atom. The standard InChI is InChI=1S/C12H9BrClFN4O/c13-6-3-8(11(19-16)17-5-6)12(20)18-10-2-1-7(15)4-9(10)14/h1-5H,16H2,(H,17,19)(H,18,20). The molecular formula is C12H9BrClFN4O. The highest BCUT2D eigenvalue weighted by atomic mass is 79.9. The Hall–Kier alpha value is -1.70. The number of rotatable bonds is 3. The van der Waals surface area contributed by atoms with Gasteiger partial charge in [0.2, 0.25) is 0 Å². The number of anilines is 2. The van der Waals surface area contributed by atoms with Gasteiger partial charge in [-0.2, -0.15) is 0 Å². The molecule has 4 N–H and O–H groups in total. The van der Waals surface area contributed by atoms with E-state index >= 15 is 0 Å². The van der Waals surface area contributed by atoms with E-state index in [2.05, 4.69) is 31.7 Å². The predicted octanol–water partition coefficient (Wildman–Crippen LogP) is 3.17. The third-order valence-electron chi connectivity index (χ3n) is 2.42.